The lowest BCUT2D eigenvalue weighted by Gasteiger charge is -2.19. The summed E-state index contributed by atoms with van der Waals surface area (Å²) >= 11 is 12.2. The summed E-state index contributed by atoms with van der Waals surface area (Å²) in [5.41, 5.74) is 0.758. The van der Waals surface area contributed by atoms with Gasteiger partial charge in [0, 0.05) is 22.5 Å². The second-order valence-electron chi connectivity index (χ2n) is 6.72. The van der Waals surface area contributed by atoms with Crippen LogP contribution in [0.5, 0.6) is 0 Å². The normalized spacial score (nSPS) is 13.1. The van der Waals surface area contributed by atoms with Crippen molar-refractivity contribution >= 4 is 53.1 Å². The van der Waals surface area contributed by atoms with Crippen LogP contribution in [0.15, 0.2) is 27.7 Å². The van der Waals surface area contributed by atoms with Gasteiger partial charge < -0.3 is 15.2 Å². The van der Waals surface area contributed by atoms with Gasteiger partial charge in [0.25, 0.3) is 0 Å². The second kappa shape index (κ2) is 9.75. The average Bonchev–Trinajstić information content (AvgIpc) is 3.00. The summed E-state index contributed by atoms with van der Waals surface area (Å²) in [6, 6.07) is 5.38. The Hall–Kier alpha value is -1.06. The fraction of sp³-hybridized carbons (Fsp3) is 0.471. The van der Waals surface area contributed by atoms with Crippen LogP contribution in [0.2, 0.25) is 10.0 Å². The maximum atomic E-state index is 6.25. The summed E-state index contributed by atoms with van der Waals surface area (Å²) in [5.74, 6) is 1.79. The third-order valence-electron chi connectivity index (χ3n) is 3.53. The number of halogens is 3. The van der Waals surface area contributed by atoms with Gasteiger partial charge in [-0.15, -0.1) is 24.0 Å². The van der Waals surface area contributed by atoms with Crippen molar-refractivity contribution in [2.45, 2.75) is 45.7 Å². The van der Waals surface area contributed by atoms with Gasteiger partial charge in [-0.2, -0.15) is 4.98 Å². The molecule has 0 aliphatic heterocycles. The molecule has 0 radical (unpaired) electrons. The Bertz CT molecular complexity index is 758. The fourth-order valence-corrected chi connectivity index (χ4v) is 2.70. The Morgan fingerprint density at radius 2 is 2.00 bits per heavy atom. The Kier molecular flexibility index (Phi) is 8.62. The van der Waals surface area contributed by atoms with Crippen LogP contribution in [0.3, 0.4) is 0 Å². The predicted octanol–water partition coefficient (Wildman–Crippen LogP) is 4.72. The third-order valence-corrected chi connectivity index (χ3v) is 4.09. The zero-order chi connectivity index (χ0) is 18.6. The van der Waals surface area contributed by atoms with Gasteiger partial charge in [0.15, 0.2) is 11.8 Å². The highest BCUT2D eigenvalue weighted by molar-refractivity contribution is 14.0. The molecule has 0 bridgehead atoms. The summed E-state index contributed by atoms with van der Waals surface area (Å²) in [6.07, 6.45) is 0. The van der Waals surface area contributed by atoms with Crippen LogP contribution in [0.25, 0.3) is 0 Å². The highest BCUT2D eigenvalue weighted by atomic mass is 127. The second-order valence-corrected chi connectivity index (χ2v) is 7.57. The molecule has 1 aromatic heterocycles. The van der Waals surface area contributed by atoms with Crippen LogP contribution < -0.4 is 10.6 Å². The van der Waals surface area contributed by atoms with Crippen molar-refractivity contribution in [3.63, 3.8) is 0 Å². The molecule has 1 unspecified atom stereocenters. The molecule has 9 heteroatoms. The van der Waals surface area contributed by atoms with E-state index in [1.807, 2.05) is 39.8 Å². The molecule has 0 spiro atoms. The monoisotopic (exact) mass is 511 g/mol. The van der Waals surface area contributed by atoms with E-state index in [1.54, 1.807) is 13.1 Å². The first-order valence-corrected chi connectivity index (χ1v) is 8.71. The Labute approximate surface area is 181 Å². The molecule has 1 aromatic carbocycles. The van der Waals surface area contributed by atoms with E-state index >= 15 is 0 Å². The Morgan fingerprint density at radius 1 is 1.31 bits per heavy atom. The molecule has 0 amide bonds. The van der Waals surface area contributed by atoms with Gasteiger partial charge in [-0.05, 0) is 24.6 Å². The molecule has 0 saturated heterocycles. The number of guanidine groups is 1. The maximum absolute atomic E-state index is 6.25. The molecule has 2 rings (SSSR count). The summed E-state index contributed by atoms with van der Waals surface area (Å²) in [7, 11) is 1.70. The van der Waals surface area contributed by atoms with Crippen LogP contribution in [-0.4, -0.2) is 23.1 Å². The predicted molar refractivity (Wildman–Crippen MR) is 117 cm³/mol. The lowest BCUT2D eigenvalue weighted by atomic mass is 9.97. The molecule has 0 saturated carbocycles. The van der Waals surface area contributed by atoms with Crippen molar-refractivity contribution in [1.29, 1.82) is 0 Å². The van der Waals surface area contributed by atoms with Crippen LogP contribution in [0.1, 0.15) is 51.0 Å². The first-order chi connectivity index (χ1) is 11.7. The van der Waals surface area contributed by atoms with Crippen LogP contribution in [-0.2, 0) is 12.0 Å². The van der Waals surface area contributed by atoms with E-state index in [9.17, 15) is 0 Å². The third kappa shape index (κ3) is 6.28. The van der Waals surface area contributed by atoms with Crippen LogP contribution >= 0.6 is 47.2 Å². The van der Waals surface area contributed by atoms with Crippen molar-refractivity contribution in [3.05, 3.63) is 45.5 Å². The van der Waals surface area contributed by atoms with Crippen molar-refractivity contribution in [1.82, 2.24) is 20.8 Å². The number of hydrogen-bond acceptors (Lipinski definition) is 4. The molecular weight excluding hydrogens is 488 g/mol. The van der Waals surface area contributed by atoms with Crippen LogP contribution in [0, 0.1) is 0 Å². The van der Waals surface area contributed by atoms with Crippen molar-refractivity contribution in [2.75, 3.05) is 7.05 Å². The fourth-order valence-electron chi connectivity index (χ4n) is 2.12. The molecule has 2 aromatic rings. The topological polar surface area (TPSA) is 75.3 Å². The van der Waals surface area contributed by atoms with Gasteiger partial charge in [-0.3, -0.25) is 4.99 Å². The number of aromatic nitrogens is 2. The summed E-state index contributed by atoms with van der Waals surface area (Å²) in [5, 5.41) is 11.6. The number of rotatable bonds is 4. The molecule has 0 aliphatic carbocycles. The van der Waals surface area contributed by atoms with Gasteiger partial charge in [-0.1, -0.05) is 55.2 Å². The highest BCUT2D eigenvalue weighted by Gasteiger charge is 2.21. The number of benzene rings is 1. The molecule has 144 valence electrons. The minimum Gasteiger partial charge on any atom is -0.350 e. The lowest BCUT2D eigenvalue weighted by molar-refractivity contribution is 0.318. The van der Waals surface area contributed by atoms with E-state index in [-0.39, 0.29) is 35.4 Å². The molecule has 2 N–H and O–H groups in total. The maximum Gasteiger partial charge on any atom is 0.232 e. The first-order valence-electron chi connectivity index (χ1n) is 7.96. The summed E-state index contributed by atoms with van der Waals surface area (Å²) < 4.78 is 5.28. The van der Waals surface area contributed by atoms with E-state index in [0.717, 1.165) is 5.56 Å². The SMILES string of the molecule is CN=C(NCc1noc(C(C)(C)C)n1)NC(C)c1ccc(Cl)cc1Cl.I. The van der Waals surface area contributed by atoms with Crippen molar-refractivity contribution in [2.24, 2.45) is 4.99 Å². The van der Waals surface area contributed by atoms with Crippen LogP contribution in [0.4, 0.5) is 0 Å². The Morgan fingerprint density at radius 3 is 2.54 bits per heavy atom. The average molecular weight is 512 g/mol. The molecule has 0 aliphatic rings. The van der Waals surface area contributed by atoms with Gasteiger partial charge >= 0.3 is 0 Å². The molecule has 1 atom stereocenters. The smallest absolute Gasteiger partial charge is 0.232 e. The van der Waals surface area contributed by atoms with E-state index in [2.05, 4.69) is 25.8 Å². The van der Waals surface area contributed by atoms with Gasteiger partial charge in [0.2, 0.25) is 5.89 Å². The summed E-state index contributed by atoms with van der Waals surface area (Å²) in [6.45, 7) is 8.47. The molecule has 6 nitrogen and oxygen atoms in total. The molecule has 26 heavy (non-hydrogen) atoms. The minimum absolute atomic E-state index is 0. The standard InChI is InChI=1S/C17H23Cl2N5O.HI/c1-10(12-7-6-11(18)8-13(12)19)22-16(20-5)21-9-14-23-15(25-24-14)17(2,3)4;/h6-8,10H,9H2,1-5H3,(H2,20,21,22);1H. The van der Waals surface area contributed by atoms with E-state index < -0.39 is 0 Å². The lowest BCUT2D eigenvalue weighted by Crippen LogP contribution is -2.38. The van der Waals surface area contributed by atoms with E-state index in [0.29, 0.717) is 34.3 Å². The zero-order valence-corrected chi connectivity index (χ0v) is 19.3. The molecular formula is C17H24Cl2IN5O. The molecule has 1 heterocycles. The number of hydrogen-bond donors (Lipinski definition) is 2. The summed E-state index contributed by atoms with van der Waals surface area (Å²) in [4.78, 5) is 8.60. The minimum atomic E-state index is -0.176. The number of nitrogens with zero attached hydrogens (tertiary/aromatic N) is 3. The largest absolute Gasteiger partial charge is 0.350 e. The Balaban J connectivity index is 0.00000338. The zero-order valence-electron chi connectivity index (χ0n) is 15.4. The molecule has 0 fully saturated rings. The number of aliphatic imine (C=N–C) groups is 1. The van der Waals surface area contributed by atoms with Gasteiger partial charge in [0.05, 0.1) is 12.6 Å². The van der Waals surface area contributed by atoms with Crippen molar-refractivity contribution < 1.29 is 4.52 Å². The first kappa shape index (κ1) is 23.0. The van der Waals surface area contributed by atoms with Gasteiger partial charge in [0.1, 0.15) is 0 Å². The number of nitrogens with one attached hydrogen (secondary N) is 2. The van der Waals surface area contributed by atoms with Gasteiger partial charge in [-0.25, -0.2) is 0 Å². The highest BCUT2D eigenvalue weighted by Crippen LogP contribution is 2.26. The van der Waals surface area contributed by atoms with E-state index in [1.165, 1.54) is 0 Å². The van der Waals surface area contributed by atoms with E-state index in [4.69, 9.17) is 27.7 Å². The quantitative estimate of drug-likeness (QED) is 0.353. The van der Waals surface area contributed by atoms with Crippen molar-refractivity contribution in [3.8, 4) is 0 Å².